The van der Waals surface area contributed by atoms with Crippen LogP contribution in [0.3, 0.4) is 0 Å². The first-order chi connectivity index (χ1) is 10.9. The topological polar surface area (TPSA) is 61.7 Å². The summed E-state index contributed by atoms with van der Waals surface area (Å²) < 4.78 is 6.43. The highest BCUT2D eigenvalue weighted by atomic mass is 16.5. The summed E-state index contributed by atoms with van der Waals surface area (Å²) in [6.45, 7) is 9.08. The molecule has 1 heterocycles. The Labute approximate surface area is 138 Å². The van der Waals surface area contributed by atoms with Crippen molar-refractivity contribution in [2.24, 2.45) is 0 Å². The Bertz CT molecular complexity index is 565. The van der Waals surface area contributed by atoms with E-state index in [9.17, 15) is 10.3 Å². The number of rotatable bonds is 4. The van der Waals surface area contributed by atoms with Crippen LogP contribution in [-0.4, -0.2) is 22.0 Å². The van der Waals surface area contributed by atoms with Gasteiger partial charge in [0, 0.05) is 24.1 Å². The third-order valence-electron chi connectivity index (χ3n) is 5.57. The molecule has 0 aromatic heterocycles. The third kappa shape index (κ3) is 2.67. The Kier molecular flexibility index (Phi) is 4.43. The summed E-state index contributed by atoms with van der Waals surface area (Å²) in [5.74, 6) is 1.64. The van der Waals surface area contributed by atoms with Crippen molar-refractivity contribution in [3.8, 4) is 5.75 Å². The Morgan fingerprint density at radius 3 is 2.35 bits per heavy atom. The molecule has 1 aromatic carbocycles. The molecule has 3 rings (SSSR count). The highest BCUT2D eigenvalue weighted by molar-refractivity contribution is 5.55. The molecule has 1 spiro atoms. The van der Waals surface area contributed by atoms with Gasteiger partial charge < -0.3 is 15.1 Å². The minimum Gasteiger partial charge on any atom is -0.484 e. The zero-order chi connectivity index (χ0) is 16.8. The predicted molar refractivity (Wildman–Crippen MR) is 90.2 cm³/mol. The zero-order valence-corrected chi connectivity index (χ0v) is 14.6. The zero-order valence-electron chi connectivity index (χ0n) is 14.6. The van der Waals surface area contributed by atoms with Gasteiger partial charge in [0.25, 0.3) is 0 Å². The molecule has 0 radical (unpaired) electrons. The van der Waals surface area contributed by atoms with Crippen LogP contribution in [0.4, 0.5) is 0 Å². The van der Waals surface area contributed by atoms with Gasteiger partial charge >= 0.3 is 0 Å². The lowest BCUT2D eigenvalue weighted by Gasteiger charge is -2.49. The van der Waals surface area contributed by atoms with E-state index in [-0.39, 0.29) is 0 Å². The number of nitrogens with one attached hydrogen (secondary N) is 1. The SMILES string of the molecule is CC(C)c1cc(C(C)C)c2c(c1CNO)OC1(CCC1)C(O)C2. The average Bonchev–Trinajstić information content (AvgIpc) is 2.44. The predicted octanol–water partition coefficient (Wildman–Crippen LogP) is 3.63. The van der Waals surface area contributed by atoms with E-state index in [1.807, 2.05) is 0 Å². The Morgan fingerprint density at radius 1 is 1.22 bits per heavy atom. The van der Waals surface area contributed by atoms with Crippen LogP contribution in [0.2, 0.25) is 0 Å². The maximum absolute atomic E-state index is 10.6. The van der Waals surface area contributed by atoms with Gasteiger partial charge in [-0.25, -0.2) is 5.48 Å². The van der Waals surface area contributed by atoms with Crippen molar-refractivity contribution in [3.63, 3.8) is 0 Å². The van der Waals surface area contributed by atoms with Gasteiger partial charge in [0.15, 0.2) is 0 Å². The molecular formula is C19H29NO3. The molecule has 4 nitrogen and oxygen atoms in total. The van der Waals surface area contributed by atoms with Crippen LogP contribution >= 0.6 is 0 Å². The van der Waals surface area contributed by atoms with Gasteiger partial charge in [0.2, 0.25) is 0 Å². The lowest BCUT2D eigenvalue weighted by molar-refractivity contribution is -0.116. The van der Waals surface area contributed by atoms with Gasteiger partial charge in [-0.05, 0) is 42.2 Å². The number of aliphatic hydroxyl groups excluding tert-OH is 1. The van der Waals surface area contributed by atoms with Crippen molar-refractivity contribution >= 4 is 0 Å². The standard InChI is InChI=1S/C19H29NO3/c1-11(2)13-8-14(12(3)4)16(10-20-22)18-15(13)9-17(21)19(23-18)6-5-7-19/h8,11-12,17,20-22H,5-7,9-10H2,1-4H3. The lowest BCUT2D eigenvalue weighted by Crippen LogP contribution is -2.56. The van der Waals surface area contributed by atoms with E-state index in [0.717, 1.165) is 36.1 Å². The van der Waals surface area contributed by atoms with Crippen molar-refractivity contribution in [2.45, 2.75) is 83.5 Å². The lowest BCUT2D eigenvalue weighted by atomic mass is 9.71. The number of hydroxylamine groups is 1. The van der Waals surface area contributed by atoms with Gasteiger partial charge in [-0.15, -0.1) is 0 Å². The van der Waals surface area contributed by atoms with Crippen molar-refractivity contribution in [1.82, 2.24) is 5.48 Å². The van der Waals surface area contributed by atoms with E-state index in [1.54, 1.807) is 0 Å². The fourth-order valence-corrected chi connectivity index (χ4v) is 4.02. The molecule has 4 heteroatoms. The van der Waals surface area contributed by atoms with Crippen LogP contribution in [-0.2, 0) is 13.0 Å². The molecular weight excluding hydrogens is 290 g/mol. The average molecular weight is 319 g/mol. The summed E-state index contributed by atoms with van der Waals surface area (Å²) >= 11 is 0. The molecule has 2 aliphatic rings. The molecule has 0 bridgehead atoms. The normalized spacial score (nSPS) is 22.2. The smallest absolute Gasteiger partial charge is 0.135 e. The first-order valence-electron chi connectivity index (χ1n) is 8.82. The molecule has 1 saturated carbocycles. The van der Waals surface area contributed by atoms with Gasteiger partial charge in [-0.1, -0.05) is 33.8 Å². The van der Waals surface area contributed by atoms with Crippen molar-refractivity contribution in [3.05, 3.63) is 28.3 Å². The molecule has 1 aliphatic carbocycles. The maximum Gasteiger partial charge on any atom is 0.135 e. The number of hydrogen-bond donors (Lipinski definition) is 3. The van der Waals surface area contributed by atoms with Crippen molar-refractivity contribution < 1.29 is 15.1 Å². The monoisotopic (exact) mass is 319 g/mol. The van der Waals surface area contributed by atoms with Gasteiger partial charge in [-0.2, -0.15) is 0 Å². The summed E-state index contributed by atoms with van der Waals surface area (Å²) in [6.07, 6.45) is 3.17. The van der Waals surface area contributed by atoms with E-state index in [0.29, 0.717) is 24.8 Å². The van der Waals surface area contributed by atoms with Crippen molar-refractivity contribution in [1.29, 1.82) is 0 Å². The molecule has 1 aliphatic heterocycles. The highest BCUT2D eigenvalue weighted by Crippen LogP contribution is 2.49. The van der Waals surface area contributed by atoms with Crippen LogP contribution < -0.4 is 10.2 Å². The van der Waals surface area contributed by atoms with E-state index in [1.165, 1.54) is 11.1 Å². The summed E-state index contributed by atoms with van der Waals surface area (Å²) in [6, 6.07) is 2.25. The Hall–Kier alpha value is -1.10. The van der Waals surface area contributed by atoms with Crippen LogP contribution in [0, 0.1) is 0 Å². The first kappa shape index (κ1) is 16.7. The number of benzene rings is 1. The molecule has 0 saturated heterocycles. The molecule has 1 atom stereocenters. The molecule has 23 heavy (non-hydrogen) atoms. The molecule has 1 fully saturated rings. The molecule has 3 N–H and O–H groups in total. The third-order valence-corrected chi connectivity index (χ3v) is 5.57. The fourth-order valence-electron chi connectivity index (χ4n) is 4.02. The van der Waals surface area contributed by atoms with E-state index < -0.39 is 11.7 Å². The minimum atomic E-state index is -0.430. The van der Waals surface area contributed by atoms with E-state index >= 15 is 0 Å². The molecule has 1 aromatic rings. The summed E-state index contributed by atoms with van der Waals surface area (Å²) in [5.41, 5.74) is 6.56. The summed E-state index contributed by atoms with van der Waals surface area (Å²) in [5, 5.41) is 19.9. The maximum atomic E-state index is 10.6. The van der Waals surface area contributed by atoms with Gasteiger partial charge in [0.05, 0.1) is 6.10 Å². The number of fused-ring (bicyclic) bond motifs is 1. The first-order valence-corrected chi connectivity index (χ1v) is 8.82. The highest BCUT2D eigenvalue weighted by Gasteiger charge is 2.50. The molecule has 0 amide bonds. The van der Waals surface area contributed by atoms with Crippen molar-refractivity contribution in [2.75, 3.05) is 0 Å². The van der Waals surface area contributed by atoms with Gasteiger partial charge in [-0.3, -0.25) is 0 Å². The second-order valence-corrected chi connectivity index (χ2v) is 7.73. The molecule has 1 unspecified atom stereocenters. The summed E-state index contributed by atoms with van der Waals surface area (Å²) in [7, 11) is 0. The van der Waals surface area contributed by atoms with E-state index in [2.05, 4.69) is 39.2 Å². The van der Waals surface area contributed by atoms with E-state index in [4.69, 9.17) is 4.74 Å². The molecule has 128 valence electrons. The Balaban J connectivity index is 2.18. The summed E-state index contributed by atoms with van der Waals surface area (Å²) in [4.78, 5) is 0. The fraction of sp³-hybridized carbons (Fsp3) is 0.684. The Morgan fingerprint density at radius 2 is 1.87 bits per heavy atom. The minimum absolute atomic E-state index is 0.356. The van der Waals surface area contributed by atoms with Crippen LogP contribution in [0.1, 0.15) is 81.0 Å². The second kappa shape index (κ2) is 6.08. The second-order valence-electron chi connectivity index (χ2n) is 7.73. The number of ether oxygens (including phenoxy) is 1. The quantitative estimate of drug-likeness (QED) is 0.742. The number of hydrogen-bond acceptors (Lipinski definition) is 4. The van der Waals surface area contributed by atoms with Crippen LogP contribution in [0.15, 0.2) is 6.07 Å². The van der Waals surface area contributed by atoms with Crippen LogP contribution in [0.5, 0.6) is 5.75 Å². The number of aliphatic hydroxyl groups is 1. The van der Waals surface area contributed by atoms with Crippen LogP contribution in [0.25, 0.3) is 0 Å². The largest absolute Gasteiger partial charge is 0.484 e. The van der Waals surface area contributed by atoms with Gasteiger partial charge in [0.1, 0.15) is 11.4 Å².